The van der Waals surface area contributed by atoms with Gasteiger partial charge in [0, 0.05) is 46.3 Å². The van der Waals surface area contributed by atoms with Gasteiger partial charge in [-0.3, -0.25) is 0 Å². The maximum atomic E-state index is 6.37. The van der Waals surface area contributed by atoms with Crippen molar-refractivity contribution in [2.45, 2.75) is 44.8 Å². The predicted molar refractivity (Wildman–Crippen MR) is 107 cm³/mol. The summed E-state index contributed by atoms with van der Waals surface area (Å²) in [4.78, 5) is 0. The summed E-state index contributed by atoms with van der Waals surface area (Å²) in [5.41, 5.74) is 3.69. The van der Waals surface area contributed by atoms with Crippen LogP contribution in [0.1, 0.15) is 36.8 Å². The molecular weight excluding hydrogens is 351 g/mol. The van der Waals surface area contributed by atoms with Gasteiger partial charge in [-0.15, -0.1) is 0 Å². The Kier molecular flexibility index (Phi) is 5.03. The Morgan fingerprint density at radius 2 is 1.80 bits per heavy atom. The second-order valence-electron chi connectivity index (χ2n) is 6.90. The summed E-state index contributed by atoms with van der Waals surface area (Å²) in [5, 5.41) is 6.44. The summed E-state index contributed by atoms with van der Waals surface area (Å²) >= 11 is 12.4. The third kappa shape index (κ3) is 3.72. The molecule has 1 fully saturated rings. The fourth-order valence-electron chi connectivity index (χ4n) is 3.81. The molecule has 4 rings (SSSR count). The van der Waals surface area contributed by atoms with Crippen molar-refractivity contribution >= 4 is 34.1 Å². The van der Waals surface area contributed by atoms with Gasteiger partial charge in [0.05, 0.1) is 0 Å². The van der Waals surface area contributed by atoms with E-state index in [2.05, 4.69) is 40.3 Å². The fourth-order valence-corrected chi connectivity index (χ4v) is 4.28. The van der Waals surface area contributed by atoms with Crippen LogP contribution in [-0.2, 0) is 13.1 Å². The molecule has 2 nitrogen and oxygen atoms in total. The molecule has 0 saturated heterocycles. The van der Waals surface area contributed by atoms with Gasteiger partial charge in [0.2, 0.25) is 0 Å². The van der Waals surface area contributed by atoms with Crippen molar-refractivity contribution in [2.75, 3.05) is 0 Å². The van der Waals surface area contributed by atoms with Crippen molar-refractivity contribution in [1.82, 2.24) is 9.88 Å². The van der Waals surface area contributed by atoms with E-state index in [9.17, 15) is 0 Å². The average molecular weight is 373 g/mol. The van der Waals surface area contributed by atoms with E-state index in [0.717, 1.165) is 23.7 Å². The van der Waals surface area contributed by atoms with E-state index in [1.54, 1.807) is 0 Å². The SMILES string of the molecule is Clc1ccc(Cn2cc(CNC3CCCC3)c3ccccc32)c(Cl)c1. The minimum Gasteiger partial charge on any atom is -0.343 e. The lowest BCUT2D eigenvalue weighted by atomic mass is 10.1. The van der Waals surface area contributed by atoms with Crippen molar-refractivity contribution in [3.05, 3.63) is 69.8 Å². The maximum absolute atomic E-state index is 6.37. The number of benzene rings is 2. The van der Waals surface area contributed by atoms with Gasteiger partial charge in [-0.05, 0) is 42.2 Å². The number of aromatic nitrogens is 1. The van der Waals surface area contributed by atoms with E-state index in [1.165, 1.54) is 42.1 Å². The summed E-state index contributed by atoms with van der Waals surface area (Å²) in [6.45, 7) is 1.67. The summed E-state index contributed by atoms with van der Waals surface area (Å²) in [6.07, 6.45) is 7.58. The van der Waals surface area contributed by atoms with Gasteiger partial charge in [0.25, 0.3) is 0 Å². The second-order valence-corrected chi connectivity index (χ2v) is 7.74. The highest BCUT2D eigenvalue weighted by molar-refractivity contribution is 6.35. The second kappa shape index (κ2) is 7.41. The first-order chi connectivity index (χ1) is 12.2. The zero-order chi connectivity index (χ0) is 17.2. The van der Waals surface area contributed by atoms with Crippen LogP contribution in [-0.4, -0.2) is 10.6 Å². The zero-order valence-corrected chi connectivity index (χ0v) is 15.7. The molecule has 25 heavy (non-hydrogen) atoms. The molecule has 1 aliphatic rings. The largest absolute Gasteiger partial charge is 0.343 e. The molecule has 4 heteroatoms. The van der Waals surface area contributed by atoms with E-state index < -0.39 is 0 Å². The van der Waals surface area contributed by atoms with Gasteiger partial charge >= 0.3 is 0 Å². The van der Waals surface area contributed by atoms with Crippen LogP contribution in [0.4, 0.5) is 0 Å². The average Bonchev–Trinajstić information content (AvgIpc) is 3.24. The Labute approximate surface area is 158 Å². The van der Waals surface area contributed by atoms with Crippen molar-refractivity contribution in [3.63, 3.8) is 0 Å². The highest BCUT2D eigenvalue weighted by atomic mass is 35.5. The maximum Gasteiger partial charge on any atom is 0.0491 e. The number of hydrogen-bond donors (Lipinski definition) is 1. The molecule has 0 atom stereocenters. The predicted octanol–water partition coefficient (Wildman–Crippen LogP) is 6.03. The van der Waals surface area contributed by atoms with E-state index >= 15 is 0 Å². The standard InChI is InChI=1S/C21H22Cl2N2/c22-17-10-9-15(20(23)11-17)13-25-14-16(12-24-18-5-1-2-6-18)19-7-3-4-8-21(19)25/h3-4,7-11,14,18,24H,1-2,5-6,12-13H2. The van der Waals surface area contributed by atoms with Gasteiger partial charge in [-0.2, -0.15) is 0 Å². The molecule has 1 saturated carbocycles. The summed E-state index contributed by atoms with van der Waals surface area (Å²) in [5.74, 6) is 0. The van der Waals surface area contributed by atoms with Crippen LogP contribution in [0.5, 0.6) is 0 Å². The first-order valence-corrected chi connectivity index (χ1v) is 9.70. The monoisotopic (exact) mass is 372 g/mol. The van der Waals surface area contributed by atoms with Crippen LogP contribution in [0.3, 0.4) is 0 Å². The molecule has 0 unspecified atom stereocenters. The van der Waals surface area contributed by atoms with E-state index in [4.69, 9.17) is 23.2 Å². The quantitative estimate of drug-likeness (QED) is 0.578. The molecule has 1 heterocycles. The van der Waals surface area contributed by atoms with Gasteiger partial charge in [-0.25, -0.2) is 0 Å². The van der Waals surface area contributed by atoms with Crippen LogP contribution in [0, 0.1) is 0 Å². The number of rotatable bonds is 5. The molecular formula is C21H22Cl2N2. The third-order valence-electron chi connectivity index (χ3n) is 5.16. The van der Waals surface area contributed by atoms with Gasteiger partial charge in [-0.1, -0.05) is 60.3 Å². The lowest BCUT2D eigenvalue weighted by molar-refractivity contribution is 0.525. The minimum absolute atomic E-state index is 0.674. The number of halogens is 2. The van der Waals surface area contributed by atoms with E-state index in [-0.39, 0.29) is 0 Å². The first kappa shape index (κ1) is 17.0. The normalized spacial score (nSPS) is 15.3. The van der Waals surface area contributed by atoms with Crippen LogP contribution in [0.2, 0.25) is 10.0 Å². The number of hydrogen-bond acceptors (Lipinski definition) is 1. The summed E-state index contributed by atoms with van der Waals surface area (Å²) in [6, 6.07) is 15.0. The number of nitrogens with zero attached hydrogens (tertiary/aromatic N) is 1. The fraction of sp³-hybridized carbons (Fsp3) is 0.333. The number of fused-ring (bicyclic) bond motifs is 1. The molecule has 3 aromatic rings. The highest BCUT2D eigenvalue weighted by Crippen LogP contribution is 2.27. The van der Waals surface area contributed by atoms with Gasteiger partial charge in [0.1, 0.15) is 0 Å². The summed E-state index contributed by atoms with van der Waals surface area (Å²) in [7, 11) is 0. The van der Waals surface area contributed by atoms with Crippen molar-refractivity contribution in [1.29, 1.82) is 0 Å². The Bertz CT molecular complexity index is 879. The highest BCUT2D eigenvalue weighted by Gasteiger charge is 2.16. The van der Waals surface area contributed by atoms with Gasteiger partial charge in [0.15, 0.2) is 0 Å². The zero-order valence-electron chi connectivity index (χ0n) is 14.1. The lowest BCUT2D eigenvalue weighted by Crippen LogP contribution is -2.25. The molecule has 2 aromatic carbocycles. The topological polar surface area (TPSA) is 17.0 Å². The lowest BCUT2D eigenvalue weighted by Gasteiger charge is -2.10. The third-order valence-corrected chi connectivity index (χ3v) is 5.75. The van der Waals surface area contributed by atoms with Crippen molar-refractivity contribution < 1.29 is 0 Å². The number of nitrogens with one attached hydrogen (secondary N) is 1. The molecule has 0 amide bonds. The van der Waals surface area contributed by atoms with E-state index in [1.807, 2.05) is 18.2 Å². The van der Waals surface area contributed by atoms with Crippen molar-refractivity contribution in [2.24, 2.45) is 0 Å². The Hall–Kier alpha value is -1.48. The minimum atomic E-state index is 0.674. The Morgan fingerprint density at radius 1 is 1.00 bits per heavy atom. The Morgan fingerprint density at radius 3 is 2.60 bits per heavy atom. The molecule has 130 valence electrons. The molecule has 0 aliphatic heterocycles. The molecule has 1 N–H and O–H groups in total. The van der Waals surface area contributed by atoms with Crippen LogP contribution < -0.4 is 5.32 Å². The van der Waals surface area contributed by atoms with Crippen LogP contribution in [0.25, 0.3) is 10.9 Å². The molecule has 0 bridgehead atoms. The first-order valence-electron chi connectivity index (χ1n) is 8.95. The summed E-state index contributed by atoms with van der Waals surface area (Å²) < 4.78 is 2.29. The molecule has 1 aliphatic carbocycles. The molecule has 1 aromatic heterocycles. The number of para-hydroxylation sites is 1. The van der Waals surface area contributed by atoms with Crippen LogP contribution >= 0.6 is 23.2 Å². The van der Waals surface area contributed by atoms with E-state index in [0.29, 0.717) is 11.1 Å². The van der Waals surface area contributed by atoms with Gasteiger partial charge < -0.3 is 9.88 Å². The van der Waals surface area contributed by atoms with Crippen LogP contribution in [0.15, 0.2) is 48.7 Å². The smallest absolute Gasteiger partial charge is 0.0491 e. The van der Waals surface area contributed by atoms with Crippen molar-refractivity contribution in [3.8, 4) is 0 Å². The molecule has 0 spiro atoms. The molecule has 0 radical (unpaired) electrons. The Balaban J connectivity index is 1.62.